The summed E-state index contributed by atoms with van der Waals surface area (Å²) in [4.78, 5) is 26.1. The number of hydrogen-bond donors (Lipinski definition) is 2. The van der Waals surface area contributed by atoms with Gasteiger partial charge in [0.2, 0.25) is 0 Å². The molecule has 0 atom stereocenters. The fourth-order valence-corrected chi connectivity index (χ4v) is 3.44. The molecule has 0 unspecified atom stereocenters. The van der Waals surface area contributed by atoms with Gasteiger partial charge < -0.3 is 4.90 Å². The number of aryl methyl sites for hydroxylation is 1. The van der Waals surface area contributed by atoms with Gasteiger partial charge in [-0.05, 0) is 48.2 Å². The summed E-state index contributed by atoms with van der Waals surface area (Å²) in [5.41, 5.74) is 7.78. The number of rotatable bonds is 4. The quantitative estimate of drug-likeness (QED) is 0.605. The lowest BCUT2D eigenvalue weighted by Gasteiger charge is -2.30. The zero-order valence-electron chi connectivity index (χ0n) is 14.5. The molecular formula is C20H19Cl2N3O2. The van der Waals surface area contributed by atoms with Crippen LogP contribution >= 0.6 is 23.2 Å². The summed E-state index contributed by atoms with van der Waals surface area (Å²) in [6.07, 6.45) is 4.87. The zero-order chi connectivity index (χ0) is 19.2. The number of para-hydroxylation sites is 1. The summed E-state index contributed by atoms with van der Waals surface area (Å²) in [5.74, 6) is -0.730. The third-order valence-electron chi connectivity index (χ3n) is 4.24. The molecule has 140 valence electrons. The van der Waals surface area contributed by atoms with E-state index in [9.17, 15) is 9.59 Å². The number of fused-ring (bicyclic) bond motifs is 1. The van der Waals surface area contributed by atoms with Crippen LogP contribution in [0.4, 0.5) is 5.69 Å². The summed E-state index contributed by atoms with van der Waals surface area (Å²) in [5, 5.41) is 0.965. The van der Waals surface area contributed by atoms with Gasteiger partial charge in [-0.25, -0.2) is 0 Å². The molecule has 0 saturated carbocycles. The molecule has 2 aromatic carbocycles. The number of benzene rings is 2. The van der Waals surface area contributed by atoms with Crippen molar-refractivity contribution in [2.24, 2.45) is 0 Å². The fraction of sp³-hybridized carbons (Fsp3) is 0.200. The molecule has 0 radical (unpaired) electrons. The molecule has 27 heavy (non-hydrogen) atoms. The third-order valence-corrected chi connectivity index (χ3v) is 4.81. The van der Waals surface area contributed by atoms with E-state index in [0.717, 1.165) is 25.1 Å². The number of halogens is 2. The first-order valence-electron chi connectivity index (χ1n) is 8.58. The maximum absolute atomic E-state index is 12.2. The van der Waals surface area contributed by atoms with Gasteiger partial charge >= 0.3 is 0 Å². The third kappa shape index (κ3) is 5.25. The van der Waals surface area contributed by atoms with Crippen LogP contribution in [-0.2, 0) is 16.0 Å². The van der Waals surface area contributed by atoms with E-state index in [0.29, 0.717) is 15.6 Å². The maximum Gasteiger partial charge on any atom is 0.262 e. The molecule has 0 aliphatic carbocycles. The van der Waals surface area contributed by atoms with E-state index < -0.39 is 5.91 Å². The molecule has 0 bridgehead atoms. The summed E-state index contributed by atoms with van der Waals surface area (Å²) >= 11 is 11.9. The van der Waals surface area contributed by atoms with Crippen LogP contribution in [0.2, 0.25) is 10.0 Å². The molecule has 3 rings (SSSR count). The highest BCUT2D eigenvalue weighted by Gasteiger charge is 2.18. The van der Waals surface area contributed by atoms with Gasteiger partial charge in [-0.3, -0.25) is 20.4 Å². The molecule has 0 aromatic heterocycles. The molecule has 2 aromatic rings. The Labute approximate surface area is 167 Å². The smallest absolute Gasteiger partial charge is 0.262 e. The summed E-state index contributed by atoms with van der Waals surface area (Å²) in [7, 11) is 0. The summed E-state index contributed by atoms with van der Waals surface area (Å²) in [6, 6.07) is 13.0. The second-order valence-electron chi connectivity index (χ2n) is 6.19. The van der Waals surface area contributed by atoms with E-state index in [2.05, 4.69) is 16.9 Å². The van der Waals surface area contributed by atoms with E-state index in [-0.39, 0.29) is 12.5 Å². The first-order valence-corrected chi connectivity index (χ1v) is 9.33. The first-order chi connectivity index (χ1) is 13.0. The number of nitrogens with zero attached hydrogens (tertiary/aromatic N) is 1. The van der Waals surface area contributed by atoms with Gasteiger partial charge in [0.15, 0.2) is 0 Å². The predicted octanol–water partition coefficient (Wildman–Crippen LogP) is 3.61. The van der Waals surface area contributed by atoms with Crippen molar-refractivity contribution >= 4 is 46.8 Å². The van der Waals surface area contributed by atoms with Crippen molar-refractivity contribution in [2.45, 2.75) is 12.8 Å². The predicted molar refractivity (Wildman–Crippen MR) is 109 cm³/mol. The molecule has 5 nitrogen and oxygen atoms in total. The number of anilines is 1. The number of carbonyl (C=O) groups excluding carboxylic acids is 2. The Hall–Kier alpha value is -2.50. The van der Waals surface area contributed by atoms with Gasteiger partial charge in [-0.1, -0.05) is 47.5 Å². The van der Waals surface area contributed by atoms with E-state index in [4.69, 9.17) is 23.2 Å². The van der Waals surface area contributed by atoms with Crippen LogP contribution in [0.5, 0.6) is 0 Å². The van der Waals surface area contributed by atoms with Crippen LogP contribution < -0.4 is 15.8 Å². The number of carbonyl (C=O) groups is 2. The molecule has 2 amide bonds. The fourth-order valence-electron chi connectivity index (χ4n) is 2.96. The van der Waals surface area contributed by atoms with Gasteiger partial charge in [0.05, 0.1) is 6.54 Å². The standard InChI is InChI=1S/C20H19Cl2N3O2/c21-16-9-7-14(17(22)12-16)8-10-19(26)23-24-20(27)13-25-11-3-5-15-4-1-2-6-18(15)25/h1-2,4,6-10,12H,3,5,11,13H2,(H,23,26)(H,24,27)/b10-8+. The monoisotopic (exact) mass is 403 g/mol. The minimum absolute atomic E-state index is 0.185. The summed E-state index contributed by atoms with van der Waals surface area (Å²) in [6.45, 7) is 0.997. The highest BCUT2D eigenvalue weighted by molar-refractivity contribution is 6.35. The number of hydrogen-bond acceptors (Lipinski definition) is 3. The Morgan fingerprint density at radius 2 is 1.93 bits per heavy atom. The van der Waals surface area contributed by atoms with Crippen LogP contribution in [0.3, 0.4) is 0 Å². The second-order valence-corrected chi connectivity index (χ2v) is 7.03. The van der Waals surface area contributed by atoms with Crippen molar-refractivity contribution in [3.63, 3.8) is 0 Å². The molecular weight excluding hydrogens is 385 g/mol. The molecule has 0 fully saturated rings. The van der Waals surface area contributed by atoms with Crippen LogP contribution in [0.15, 0.2) is 48.5 Å². The first kappa shape index (κ1) is 19.3. The molecule has 1 heterocycles. The normalized spacial score (nSPS) is 13.3. The van der Waals surface area contributed by atoms with Crippen LogP contribution in [-0.4, -0.2) is 24.9 Å². The lowest BCUT2D eigenvalue weighted by Crippen LogP contribution is -2.47. The van der Waals surface area contributed by atoms with Gasteiger partial charge in [-0.15, -0.1) is 0 Å². The molecule has 7 heteroatoms. The van der Waals surface area contributed by atoms with Gasteiger partial charge in [0.25, 0.3) is 11.8 Å². The number of nitrogens with one attached hydrogen (secondary N) is 2. The van der Waals surface area contributed by atoms with Crippen molar-refractivity contribution in [3.8, 4) is 0 Å². The lowest BCUT2D eigenvalue weighted by molar-refractivity contribution is -0.125. The highest BCUT2D eigenvalue weighted by atomic mass is 35.5. The second kappa shape index (κ2) is 8.93. The van der Waals surface area contributed by atoms with E-state index in [1.807, 2.05) is 23.1 Å². The van der Waals surface area contributed by atoms with Gasteiger partial charge in [-0.2, -0.15) is 0 Å². The topological polar surface area (TPSA) is 61.4 Å². The molecule has 1 aliphatic rings. The van der Waals surface area contributed by atoms with E-state index >= 15 is 0 Å². The van der Waals surface area contributed by atoms with Crippen molar-refractivity contribution in [1.29, 1.82) is 0 Å². The van der Waals surface area contributed by atoms with Gasteiger partial charge in [0.1, 0.15) is 0 Å². The Morgan fingerprint density at radius 1 is 1.11 bits per heavy atom. The molecule has 0 saturated heterocycles. The Morgan fingerprint density at radius 3 is 2.74 bits per heavy atom. The zero-order valence-corrected chi connectivity index (χ0v) is 16.1. The largest absolute Gasteiger partial charge is 0.362 e. The highest BCUT2D eigenvalue weighted by Crippen LogP contribution is 2.26. The van der Waals surface area contributed by atoms with Crippen molar-refractivity contribution in [1.82, 2.24) is 10.9 Å². The summed E-state index contributed by atoms with van der Waals surface area (Å²) < 4.78 is 0. The maximum atomic E-state index is 12.2. The average Bonchev–Trinajstić information content (AvgIpc) is 2.66. The Kier molecular flexibility index (Phi) is 6.37. The van der Waals surface area contributed by atoms with Crippen LogP contribution in [0.25, 0.3) is 6.08 Å². The molecule has 0 spiro atoms. The average molecular weight is 404 g/mol. The minimum Gasteiger partial charge on any atom is -0.362 e. The lowest BCUT2D eigenvalue weighted by atomic mass is 10.0. The van der Waals surface area contributed by atoms with Crippen LogP contribution in [0, 0.1) is 0 Å². The number of hydrazine groups is 1. The van der Waals surface area contributed by atoms with Crippen LogP contribution in [0.1, 0.15) is 17.5 Å². The SMILES string of the molecule is O=C(/C=C/c1ccc(Cl)cc1Cl)NNC(=O)CN1CCCc2ccccc21. The molecule has 1 aliphatic heterocycles. The Balaban J connectivity index is 1.51. The van der Waals surface area contributed by atoms with Crippen molar-refractivity contribution < 1.29 is 9.59 Å². The van der Waals surface area contributed by atoms with Gasteiger partial charge in [0, 0.05) is 28.4 Å². The van der Waals surface area contributed by atoms with E-state index in [1.54, 1.807) is 24.3 Å². The number of amides is 2. The van der Waals surface area contributed by atoms with Crippen molar-refractivity contribution in [2.75, 3.05) is 18.0 Å². The molecule has 2 N–H and O–H groups in total. The van der Waals surface area contributed by atoms with Crippen molar-refractivity contribution in [3.05, 3.63) is 69.7 Å². The Bertz CT molecular complexity index is 883. The minimum atomic E-state index is -0.451. The van der Waals surface area contributed by atoms with E-state index in [1.165, 1.54) is 11.6 Å².